The molecule has 2 rings (SSSR count). The van der Waals surface area contributed by atoms with Crippen molar-refractivity contribution in [1.82, 2.24) is 0 Å². The smallest absolute Gasteiger partial charge is 0.224 e. The van der Waals surface area contributed by atoms with Gasteiger partial charge in [0.15, 0.2) is 0 Å². The van der Waals surface area contributed by atoms with Crippen molar-refractivity contribution in [2.24, 2.45) is 5.73 Å². The molecule has 0 atom stereocenters. The van der Waals surface area contributed by atoms with Gasteiger partial charge in [-0.25, -0.2) is 0 Å². The van der Waals surface area contributed by atoms with Gasteiger partial charge in [-0.3, -0.25) is 4.79 Å². The van der Waals surface area contributed by atoms with E-state index in [9.17, 15) is 4.79 Å². The van der Waals surface area contributed by atoms with Gasteiger partial charge in [-0.1, -0.05) is 12.1 Å². The maximum Gasteiger partial charge on any atom is 0.224 e. The van der Waals surface area contributed by atoms with Crippen LogP contribution in [0.3, 0.4) is 0 Å². The molecule has 19 heavy (non-hydrogen) atoms. The fourth-order valence-corrected chi connectivity index (χ4v) is 2.47. The third kappa shape index (κ3) is 3.96. The maximum absolute atomic E-state index is 11.8. The van der Waals surface area contributed by atoms with E-state index in [0.717, 1.165) is 30.9 Å². The molecule has 0 unspecified atom stereocenters. The Hall–Kier alpha value is -1.55. The summed E-state index contributed by atoms with van der Waals surface area (Å²) in [5, 5.41) is 3.01. The number of piperidine rings is 1. The minimum atomic E-state index is 0.0508. The topological polar surface area (TPSA) is 58.4 Å². The molecule has 0 aromatic heterocycles. The van der Waals surface area contributed by atoms with Gasteiger partial charge < -0.3 is 16.0 Å². The molecular weight excluding hydrogens is 238 g/mol. The number of nitrogens with one attached hydrogen (secondary N) is 1. The van der Waals surface area contributed by atoms with Crippen molar-refractivity contribution in [3.05, 3.63) is 24.3 Å². The van der Waals surface area contributed by atoms with E-state index in [0.29, 0.717) is 13.0 Å². The number of carbonyl (C=O) groups is 1. The summed E-state index contributed by atoms with van der Waals surface area (Å²) < 4.78 is 0. The Bertz CT molecular complexity index is 414. The zero-order chi connectivity index (χ0) is 13.5. The van der Waals surface area contributed by atoms with Gasteiger partial charge in [-0.05, 0) is 44.4 Å². The first-order chi connectivity index (χ1) is 9.31. The second kappa shape index (κ2) is 7.14. The summed E-state index contributed by atoms with van der Waals surface area (Å²) >= 11 is 0. The Kier molecular flexibility index (Phi) is 5.21. The van der Waals surface area contributed by atoms with Crippen molar-refractivity contribution in [2.45, 2.75) is 32.1 Å². The summed E-state index contributed by atoms with van der Waals surface area (Å²) in [5.74, 6) is 0.0508. The third-order valence-corrected chi connectivity index (χ3v) is 3.48. The monoisotopic (exact) mass is 261 g/mol. The summed E-state index contributed by atoms with van der Waals surface area (Å²) in [6.07, 6.45) is 5.00. The van der Waals surface area contributed by atoms with Crippen molar-refractivity contribution in [1.29, 1.82) is 0 Å². The molecule has 0 aliphatic carbocycles. The second-order valence-electron chi connectivity index (χ2n) is 5.01. The van der Waals surface area contributed by atoms with E-state index in [2.05, 4.69) is 16.3 Å². The van der Waals surface area contributed by atoms with Crippen LogP contribution in [0.4, 0.5) is 11.4 Å². The van der Waals surface area contributed by atoms with E-state index >= 15 is 0 Å². The van der Waals surface area contributed by atoms with Gasteiger partial charge in [-0.2, -0.15) is 0 Å². The second-order valence-corrected chi connectivity index (χ2v) is 5.01. The van der Waals surface area contributed by atoms with Gasteiger partial charge in [0.05, 0.1) is 11.4 Å². The van der Waals surface area contributed by atoms with E-state index in [1.807, 2.05) is 18.2 Å². The van der Waals surface area contributed by atoms with Gasteiger partial charge >= 0.3 is 0 Å². The predicted octanol–water partition coefficient (Wildman–Crippen LogP) is 2.35. The Labute approximate surface area is 115 Å². The highest BCUT2D eigenvalue weighted by molar-refractivity contribution is 5.94. The number of rotatable bonds is 5. The number of benzene rings is 1. The van der Waals surface area contributed by atoms with Crippen LogP contribution in [0.25, 0.3) is 0 Å². The van der Waals surface area contributed by atoms with E-state index in [-0.39, 0.29) is 5.91 Å². The van der Waals surface area contributed by atoms with E-state index < -0.39 is 0 Å². The van der Waals surface area contributed by atoms with Crippen molar-refractivity contribution in [3.63, 3.8) is 0 Å². The number of hydrogen-bond acceptors (Lipinski definition) is 3. The molecule has 4 heteroatoms. The van der Waals surface area contributed by atoms with Gasteiger partial charge in [-0.15, -0.1) is 0 Å². The summed E-state index contributed by atoms with van der Waals surface area (Å²) in [4.78, 5) is 14.2. The first kappa shape index (κ1) is 13.9. The number of anilines is 2. The minimum absolute atomic E-state index is 0.0508. The van der Waals surface area contributed by atoms with Crippen LogP contribution >= 0.6 is 0 Å². The molecule has 104 valence electrons. The number of para-hydroxylation sites is 2. The highest BCUT2D eigenvalue weighted by atomic mass is 16.1. The molecule has 0 saturated carbocycles. The molecule has 1 aromatic carbocycles. The Morgan fingerprint density at radius 1 is 1.21 bits per heavy atom. The molecule has 4 nitrogen and oxygen atoms in total. The van der Waals surface area contributed by atoms with Crippen molar-refractivity contribution in [3.8, 4) is 0 Å². The van der Waals surface area contributed by atoms with Gasteiger partial charge in [0.2, 0.25) is 5.91 Å². The Morgan fingerprint density at radius 3 is 2.68 bits per heavy atom. The zero-order valence-corrected chi connectivity index (χ0v) is 11.4. The highest BCUT2D eigenvalue weighted by Crippen LogP contribution is 2.28. The van der Waals surface area contributed by atoms with Gasteiger partial charge in [0, 0.05) is 19.5 Å². The molecule has 0 radical (unpaired) electrons. The molecule has 0 spiro atoms. The molecule has 1 saturated heterocycles. The van der Waals surface area contributed by atoms with Crippen LogP contribution in [0.1, 0.15) is 32.1 Å². The summed E-state index contributed by atoms with van der Waals surface area (Å²) in [5.41, 5.74) is 7.49. The fraction of sp³-hybridized carbons (Fsp3) is 0.533. The number of amides is 1. The molecule has 1 heterocycles. The van der Waals surface area contributed by atoms with Crippen LogP contribution in [-0.2, 0) is 4.79 Å². The number of nitrogens with two attached hydrogens (primary N) is 1. The van der Waals surface area contributed by atoms with E-state index in [1.54, 1.807) is 0 Å². The van der Waals surface area contributed by atoms with Crippen LogP contribution < -0.4 is 16.0 Å². The quantitative estimate of drug-likeness (QED) is 0.855. The normalized spacial score (nSPS) is 15.3. The minimum Gasteiger partial charge on any atom is -0.370 e. The van der Waals surface area contributed by atoms with Crippen molar-refractivity contribution < 1.29 is 4.79 Å². The van der Waals surface area contributed by atoms with E-state index in [1.165, 1.54) is 19.3 Å². The molecular formula is C15H23N3O. The first-order valence-electron chi connectivity index (χ1n) is 7.15. The SMILES string of the molecule is NCCCC(=O)Nc1ccccc1N1CCCCC1. The lowest BCUT2D eigenvalue weighted by Crippen LogP contribution is -2.30. The van der Waals surface area contributed by atoms with Crippen LogP contribution in [0, 0.1) is 0 Å². The molecule has 3 N–H and O–H groups in total. The molecule has 1 aromatic rings. The number of carbonyl (C=O) groups excluding carboxylic acids is 1. The molecule has 1 aliphatic rings. The van der Waals surface area contributed by atoms with Crippen LogP contribution in [0.15, 0.2) is 24.3 Å². The number of nitrogens with zero attached hydrogens (tertiary/aromatic N) is 1. The Balaban J connectivity index is 2.05. The lowest BCUT2D eigenvalue weighted by Gasteiger charge is -2.30. The Morgan fingerprint density at radius 2 is 1.95 bits per heavy atom. The summed E-state index contributed by atoms with van der Waals surface area (Å²) in [6.45, 7) is 2.71. The zero-order valence-electron chi connectivity index (χ0n) is 11.4. The number of hydrogen-bond donors (Lipinski definition) is 2. The average molecular weight is 261 g/mol. The standard InChI is InChI=1S/C15H23N3O/c16-10-6-9-15(19)17-13-7-2-3-8-14(13)18-11-4-1-5-12-18/h2-3,7-8H,1,4-6,9-12,16H2,(H,17,19). The molecule has 1 aliphatic heterocycles. The lowest BCUT2D eigenvalue weighted by molar-refractivity contribution is -0.116. The first-order valence-corrected chi connectivity index (χ1v) is 7.15. The molecule has 1 fully saturated rings. The van der Waals surface area contributed by atoms with E-state index in [4.69, 9.17) is 5.73 Å². The highest BCUT2D eigenvalue weighted by Gasteiger charge is 2.15. The fourth-order valence-electron chi connectivity index (χ4n) is 2.47. The average Bonchev–Trinajstić information content (AvgIpc) is 2.46. The summed E-state index contributed by atoms with van der Waals surface area (Å²) in [6, 6.07) is 8.06. The molecule has 0 bridgehead atoms. The largest absolute Gasteiger partial charge is 0.370 e. The third-order valence-electron chi connectivity index (χ3n) is 3.48. The molecule has 1 amide bonds. The predicted molar refractivity (Wildman–Crippen MR) is 79.4 cm³/mol. The van der Waals surface area contributed by atoms with Crippen LogP contribution in [0.2, 0.25) is 0 Å². The summed E-state index contributed by atoms with van der Waals surface area (Å²) in [7, 11) is 0. The van der Waals surface area contributed by atoms with Gasteiger partial charge in [0.25, 0.3) is 0 Å². The maximum atomic E-state index is 11.8. The van der Waals surface area contributed by atoms with Crippen LogP contribution in [0.5, 0.6) is 0 Å². The van der Waals surface area contributed by atoms with Crippen molar-refractivity contribution >= 4 is 17.3 Å². The van der Waals surface area contributed by atoms with Gasteiger partial charge in [0.1, 0.15) is 0 Å². The van der Waals surface area contributed by atoms with Crippen LogP contribution in [-0.4, -0.2) is 25.5 Å². The lowest BCUT2D eigenvalue weighted by atomic mass is 10.1. The van der Waals surface area contributed by atoms with Crippen molar-refractivity contribution in [2.75, 3.05) is 29.9 Å².